The number of phosphoric acid groups is 1. The van der Waals surface area contributed by atoms with Crippen LogP contribution in [-0.4, -0.2) is 73.4 Å². The molecule has 0 aromatic carbocycles. The summed E-state index contributed by atoms with van der Waals surface area (Å²) in [6.07, 6.45) is 46.7. The second-order valence-corrected chi connectivity index (χ2v) is 19.6. The summed E-state index contributed by atoms with van der Waals surface area (Å²) in [5, 5.41) is 14.0. The lowest BCUT2D eigenvalue weighted by atomic mass is 10.0. The molecule has 0 aromatic rings. The van der Waals surface area contributed by atoms with E-state index >= 15 is 0 Å². The highest BCUT2D eigenvalue weighted by Gasteiger charge is 2.28. The molecule has 3 N–H and O–H groups in total. The number of hydrogen-bond acceptors (Lipinski definition) is 5. The van der Waals surface area contributed by atoms with Crippen molar-refractivity contribution in [2.24, 2.45) is 0 Å². The Kier molecular flexibility index (Phi) is 40.1. The van der Waals surface area contributed by atoms with Crippen LogP contribution in [0.4, 0.5) is 0 Å². The van der Waals surface area contributed by atoms with Gasteiger partial charge in [-0.05, 0) is 38.5 Å². The minimum Gasteiger partial charge on any atom is -0.391 e. The molecule has 57 heavy (non-hydrogen) atoms. The van der Waals surface area contributed by atoms with Crippen molar-refractivity contribution in [3.8, 4) is 0 Å². The lowest BCUT2D eigenvalue weighted by Crippen LogP contribution is -2.46. The molecule has 0 spiro atoms. The number of carbonyl (C=O) groups is 1. The van der Waals surface area contributed by atoms with Gasteiger partial charge >= 0.3 is 7.82 Å². The molecule has 9 heteroatoms. The molecule has 3 atom stereocenters. The molecule has 8 nitrogen and oxygen atoms in total. The molecule has 0 fully saturated rings. The van der Waals surface area contributed by atoms with Gasteiger partial charge in [-0.3, -0.25) is 13.8 Å². The molecule has 0 heterocycles. The Hall–Kier alpha value is -0.760. The molecule has 0 aromatic heterocycles. The van der Waals surface area contributed by atoms with E-state index in [-0.39, 0.29) is 19.1 Å². The molecule has 0 aliphatic rings. The van der Waals surface area contributed by atoms with Gasteiger partial charge in [0.15, 0.2) is 0 Å². The predicted molar refractivity (Wildman–Crippen MR) is 245 cm³/mol. The molecule has 0 aliphatic carbocycles. The number of quaternary nitrogens is 1. The Morgan fingerprint density at radius 3 is 1.35 bits per heavy atom. The fraction of sp³-hybridized carbons (Fsp3) is 0.938. The first-order chi connectivity index (χ1) is 27.5. The standard InChI is InChI=1S/C48H97N2O6P/c1-6-8-10-12-14-16-18-20-22-24-25-26-28-30-32-34-36-38-40-42-48(52)49-46(45-56-57(53,54)55-44-43-50(3,4)5)47(51)41-39-37-35-33-31-29-27-23-21-19-17-15-13-11-9-7-2/h31,33,46-47,51H,6-30,32,34-45H2,1-5H3,(H-,49,52,53,54)/p+1/b33-31+/t46-,47+/m0/s1. The largest absolute Gasteiger partial charge is 0.472 e. The van der Waals surface area contributed by atoms with Gasteiger partial charge in [-0.1, -0.05) is 206 Å². The molecule has 1 unspecified atom stereocenters. The van der Waals surface area contributed by atoms with Crippen molar-refractivity contribution < 1.29 is 32.9 Å². The smallest absolute Gasteiger partial charge is 0.391 e. The summed E-state index contributed by atoms with van der Waals surface area (Å²) in [7, 11) is 1.61. The first-order valence-electron chi connectivity index (χ1n) is 24.6. The molecule has 340 valence electrons. The fourth-order valence-corrected chi connectivity index (χ4v) is 8.07. The molecular formula is C48H98N2O6P+. The third-order valence-corrected chi connectivity index (χ3v) is 12.2. The summed E-state index contributed by atoms with van der Waals surface area (Å²) >= 11 is 0. The predicted octanol–water partition coefficient (Wildman–Crippen LogP) is 13.9. The Morgan fingerprint density at radius 1 is 0.579 bits per heavy atom. The van der Waals surface area contributed by atoms with Gasteiger partial charge in [0.25, 0.3) is 0 Å². The van der Waals surface area contributed by atoms with Crippen LogP contribution in [0.5, 0.6) is 0 Å². The lowest BCUT2D eigenvalue weighted by molar-refractivity contribution is -0.870. The Bertz CT molecular complexity index is 942. The quantitative estimate of drug-likeness (QED) is 0.0244. The van der Waals surface area contributed by atoms with Crippen LogP contribution in [0.15, 0.2) is 12.2 Å². The van der Waals surface area contributed by atoms with Crippen LogP contribution in [0.3, 0.4) is 0 Å². The van der Waals surface area contributed by atoms with Crippen LogP contribution in [-0.2, 0) is 18.4 Å². The number of rotatable bonds is 45. The van der Waals surface area contributed by atoms with Crippen LogP contribution in [0.2, 0.25) is 0 Å². The number of aliphatic hydroxyl groups is 1. The van der Waals surface area contributed by atoms with Gasteiger partial charge in [0.1, 0.15) is 13.2 Å². The van der Waals surface area contributed by atoms with E-state index in [1.165, 1.54) is 167 Å². The number of hydrogen-bond donors (Lipinski definition) is 3. The van der Waals surface area contributed by atoms with Gasteiger partial charge in [0.2, 0.25) is 5.91 Å². The molecule has 0 saturated carbocycles. The van der Waals surface area contributed by atoms with Gasteiger partial charge in [0, 0.05) is 6.42 Å². The van der Waals surface area contributed by atoms with Crippen molar-refractivity contribution in [2.45, 2.75) is 251 Å². The molecule has 0 aliphatic heterocycles. The monoisotopic (exact) mass is 830 g/mol. The van der Waals surface area contributed by atoms with Gasteiger partial charge in [0.05, 0.1) is 39.9 Å². The van der Waals surface area contributed by atoms with Crippen LogP contribution < -0.4 is 5.32 Å². The van der Waals surface area contributed by atoms with Crippen LogP contribution >= 0.6 is 7.82 Å². The van der Waals surface area contributed by atoms with Gasteiger partial charge < -0.3 is 19.8 Å². The number of aliphatic hydroxyl groups excluding tert-OH is 1. The second kappa shape index (κ2) is 40.6. The number of nitrogens with one attached hydrogen (secondary N) is 1. The minimum atomic E-state index is -4.32. The summed E-state index contributed by atoms with van der Waals surface area (Å²) in [5.74, 6) is -0.150. The number of nitrogens with zero attached hydrogens (tertiary/aromatic N) is 1. The average Bonchev–Trinajstić information content (AvgIpc) is 3.16. The number of likely N-dealkylation sites (N-methyl/N-ethyl adjacent to an activating group) is 1. The number of carbonyl (C=O) groups excluding carboxylic acids is 1. The highest BCUT2D eigenvalue weighted by Crippen LogP contribution is 2.43. The van der Waals surface area contributed by atoms with E-state index in [1.807, 2.05) is 21.1 Å². The minimum absolute atomic E-state index is 0.0724. The second-order valence-electron chi connectivity index (χ2n) is 18.2. The number of unbranched alkanes of at least 4 members (excludes halogenated alkanes) is 30. The highest BCUT2D eigenvalue weighted by molar-refractivity contribution is 7.47. The van der Waals surface area contributed by atoms with Crippen molar-refractivity contribution in [1.82, 2.24) is 5.32 Å². The van der Waals surface area contributed by atoms with E-state index in [2.05, 4.69) is 31.3 Å². The Balaban J connectivity index is 4.29. The van der Waals surface area contributed by atoms with Gasteiger partial charge in [-0.15, -0.1) is 0 Å². The van der Waals surface area contributed by atoms with E-state index in [4.69, 9.17) is 9.05 Å². The molecule has 1 amide bonds. The number of amides is 1. The zero-order chi connectivity index (χ0) is 42.1. The maximum absolute atomic E-state index is 12.9. The van der Waals surface area contributed by atoms with E-state index in [9.17, 15) is 19.4 Å². The van der Waals surface area contributed by atoms with E-state index in [0.29, 0.717) is 23.9 Å². The van der Waals surface area contributed by atoms with Crippen LogP contribution in [0, 0.1) is 0 Å². The summed E-state index contributed by atoms with van der Waals surface area (Å²) in [5.41, 5.74) is 0. The summed E-state index contributed by atoms with van der Waals surface area (Å²) in [4.78, 5) is 23.2. The van der Waals surface area contributed by atoms with Crippen molar-refractivity contribution in [3.63, 3.8) is 0 Å². The number of allylic oxidation sites excluding steroid dienone is 2. The molecule has 0 radical (unpaired) electrons. The summed E-state index contributed by atoms with van der Waals surface area (Å²) in [6, 6.07) is -0.771. The summed E-state index contributed by atoms with van der Waals surface area (Å²) < 4.78 is 23.7. The summed E-state index contributed by atoms with van der Waals surface area (Å²) in [6.45, 7) is 4.89. The molecule has 0 rings (SSSR count). The van der Waals surface area contributed by atoms with Crippen LogP contribution in [0.25, 0.3) is 0 Å². The van der Waals surface area contributed by atoms with E-state index in [0.717, 1.165) is 44.9 Å². The van der Waals surface area contributed by atoms with Gasteiger partial charge in [-0.25, -0.2) is 4.57 Å². The fourth-order valence-electron chi connectivity index (χ4n) is 7.34. The third-order valence-electron chi connectivity index (χ3n) is 11.3. The molecule has 0 bridgehead atoms. The zero-order valence-electron chi connectivity index (χ0n) is 38.6. The van der Waals surface area contributed by atoms with Crippen molar-refractivity contribution >= 4 is 13.7 Å². The van der Waals surface area contributed by atoms with Crippen LogP contribution in [0.1, 0.15) is 239 Å². The van der Waals surface area contributed by atoms with E-state index in [1.54, 1.807) is 0 Å². The first kappa shape index (κ1) is 56.2. The third kappa shape index (κ3) is 43.1. The average molecular weight is 830 g/mol. The van der Waals surface area contributed by atoms with Crippen molar-refractivity contribution in [3.05, 3.63) is 12.2 Å². The lowest BCUT2D eigenvalue weighted by Gasteiger charge is -2.26. The zero-order valence-corrected chi connectivity index (χ0v) is 39.5. The topological polar surface area (TPSA) is 105 Å². The SMILES string of the molecule is CCCCCCCCCCCC/C=C/CCCC[C@@H](O)[C@H](COP(=O)(O)OCC[N+](C)(C)C)NC(=O)CCCCCCCCCCCCCCCCCCCCC. The maximum atomic E-state index is 12.9. The molecule has 0 saturated heterocycles. The number of phosphoric ester groups is 1. The molecular weight excluding hydrogens is 732 g/mol. The van der Waals surface area contributed by atoms with Crippen molar-refractivity contribution in [1.29, 1.82) is 0 Å². The Morgan fingerprint density at radius 2 is 0.947 bits per heavy atom. The normalized spacial score (nSPS) is 14.3. The Labute approximate surface area is 354 Å². The highest BCUT2D eigenvalue weighted by atomic mass is 31.2. The van der Waals surface area contributed by atoms with Gasteiger partial charge in [-0.2, -0.15) is 0 Å². The maximum Gasteiger partial charge on any atom is 0.472 e. The first-order valence-corrected chi connectivity index (χ1v) is 26.0. The van der Waals surface area contributed by atoms with E-state index < -0.39 is 20.0 Å². The van der Waals surface area contributed by atoms with Crippen molar-refractivity contribution in [2.75, 3.05) is 40.9 Å².